The van der Waals surface area contributed by atoms with Gasteiger partial charge in [-0.3, -0.25) is 0 Å². The first-order valence-corrected chi connectivity index (χ1v) is 11.5. The van der Waals surface area contributed by atoms with E-state index >= 15 is 0 Å². The molecule has 2 N–H and O–H groups in total. The van der Waals surface area contributed by atoms with Gasteiger partial charge < -0.3 is 10.1 Å². The van der Waals surface area contributed by atoms with Crippen LogP contribution in [-0.2, 0) is 23.0 Å². The van der Waals surface area contributed by atoms with Crippen LogP contribution in [0.4, 0.5) is 0 Å². The first-order chi connectivity index (χ1) is 14.0. The Labute approximate surface area is 178 Å². The van der Waals surface area contributed by atoms with Crippen LogP contribution in [0.3, 0.4) is 0 Å². The summed E-state index contributed by atoms with van der Waals surface area (Å²) in [5.74, 6) is 3.11. The fraction of sp³-hybridized carbons (Fsp3) is 0.364. The van der Waals surface area contributed by atoms with Gasteiger partial charge >= 0.3 is 0 Å². The summed E-state index contributed by atoms with van der Waals surface area (Å²) >= 11 is 6.12. The lowest BCUT2D eigenvalue weighted by Gasteiger charge is -2.13. The molecule has 29 heavy (non-hydrogen) atoms. The van der Waals surface area contributed by atoms with Crippen molar-refractivity contribution in [3.8, 4) is 18.1 Å². The first-order valence-electron chi connectivity index (χ1n) is 9.60. The van der Waals surface area contributed by atoms with E-state index in [0.29, 0.717) is 18.2 Å². The number of rotatable bonds is 12. The van der Waals surface area contributed by atoms with E-state index in [2.05, 4.69) is 22.9 Å². The van der Waals surface area contributed by atoms with Crippen LogP contribution in [0.5, 0.6) is 5.75 Å². The maximum Gasteiger partial charge on any atom is 0.241 e. The van der Waals surface area contributed by atoms with Crippen LogP contribution in [0.2, 0.25) is 5.02 Å². The van der Waals surface area contributed by atoms with E-state index in [4.69, 9.17) is 22.8 Å². The second-order valence-corrected chi connectivity index (χ2v) is 8.76. The van der Waals surface area contributed by atoms with Crippen LogP contribution in [0, 0.1) is 12.3 Å². The molecular weight excluding hydrogens is 408 g/mol. The van der Waals surface area contributed by atoms with Crippen molar-refractivity contribution in [3.63, 3.8) is 0 Å². The molecule has 0 spiro atoms. The summed E-state index contributed by atoms with van der Waals surface area (Å²) in [4.78, 5) is 0.206. The van der Waals surface area contributed by atoms with Crippen molar-refractivity contribution in [2.24, 2.45) is 0 Å². The SMILES string of the molecule is C#CCNS(=O)(=O)c1ccc(CCNCc2cc(Cl)ccc2OCCCC)cc1. The van der Waals surface area contributed by atoms with Crippen molar-refractivity contribution >= 4 is 21.6 Å². The zero-order valence-corrected chi connectivity index (χ0v) is 18.2. The van der Waals surface area contributed by atoms with E-state index in [-0.39, 0.29) is 11.4 Å². The van der Waals surface area contributed by atoms with Gasteiger partial charge in [0.1, 0.15) is 5.75 Å². The smallest absolute Gasteiger partial charge is 0.241 e. The Morgan fingerprint density at radius 1 is 1.17 bits per heavy atom. The van der Waals surface area contributed by atoms with Gasteiger partial charge in [-0.2, -0.15) is 4.72 Å². The molecule has 2 aromatic carbocycles. The largest absolute Gasteiger partial charge is 0.493 e. The molecule has 0 aliphatic heterocycles. The van der Waals surface area contributed by atoms with Crippen LogP contribution in [0.1, 0.15) is 30.9 Å². The third-order valence-electron chi connectivity index (χ3n) is 4.28. The van der Waals surface area contributed by atoms with Crippen molar-refractivity contribution in [1.29, 1.82) is 0 Å². The van der Waals surface area contributed by atoms with Crippen molar-refractivity contribution in [3.05, 3.63) is 58.6 Å². The molecule has 0 aromatic heterocycles. The minimum atomic E-state index is -3.55. The highest BCUT2D eigenvalue weighted by Crippen LogP contribution is 2.23. The number of hydrogen-bond acceptors (Lipinski definition) is 4. The second kappa shape index (κ2) is 11.8. The average molecular weight is 435 g/mol. The lowest BCUT2D eigenvalue weighted by molar-refractivity contribution is 0.305. The van der Waals surface area contributed by atoms with Crippen molar-refractivity contribution < 1.29 is 13.2 Å². The summed E-state index contributed by atoms with van der Waals surface area (Å²) in [5.41, 5.74) is 2.06. The van der Waals surface area contributed by atoms with E-state index in [0.717, 1.165) is 42.7 Å². The number of unbranched alkanes of at least 4 members (excludes halogenated alkanes) is 1. The van der Waals surface area contributed by atoms with Gasteiger partial charge in [-0.1, -0.05) is 43.0 Å². The third kappa shape index (κ3) is 7.71. The molecule has 0 aliphatic carbocycles. The van der Waals surface area contributed by atoms with Gasteiger partial charge in [0, 0.05) is 17.1 Å². The maximum atomic E-state index is 12.0. The molecule has 2 aromatic rings. The highest BCUT2D eigenvalue weighted by Gasteiger charge is 2.12. The van der Waals surface area contributed by atoms with Gasteiger partial charge in [-0.05, 0) is 55.3 Å². The number of nitrogens with one attached hydrogen (secondary N) is 2. The molecule has 0 radical (unpaired) electrons. The van der Waals surface area contributed by atoms with E-state index in [1.54, 1.807) is 12.1 Å². The summed E-state index contributed by atoms with van der Waals surface area (Å²) in [6, 6.07) is 12.5. The Balaban J connectivity index is 1.86. The minimum absolute atomic E-state index is 0.0261. The van der Waals surface area contributed by atoms with E-state index in [1.807, 2.05) is 30.3 Å². The maximum absolute atomic E-state index is 12.0. The lowest BCUT2D eigenvalue weighted by atomic mass is 10.1. The van der Waals surface area contributed by atoms with Gasteiger partial charge in [-0.25, -0.2) is 8.42 Å². The predicted molar refractivity (Wildman–Crippen MR) is 118 cm³/mol. The van der Waals surface area contributed by atoms with Gasteiger partial charge in [0.15, 0.2) is 0 Å². The standard InChI is InChI=1S/C22H27ClN2O3S/c1-3-5-15-28-22-11-8-20(23)16-19(22)17-24-14-12-18-6-9-21(10-7-18)29(26,27)25-13-4-2/h2,6-11,16,24-25H,3,5,12-15,17H2,1H3. The third-order valence-corrected chi connectivity index (χ3v) is 5.93. The topological polar surface area (TPSA) is 67.4 Å². The van der Waals surface area contributed by atoms with Gasteiger partial charge in [0.05, 0.1) is 18.0 Å². The number of terminal acetylenes is 1. The summed E-state index contributed by atoms with van der Waals surface area (Å²) in [5, 5.41) is 4.07. The number of sulfonamides is 1. The first kappa shape index (κ1) is 23.2. The Morgan fingerprint density at radius 2 is 1.93 bits per heavy atom. The molecule has 0 fully saturated rings. The fourth-order valence-corrected chi connectivity index (χ4v) is 3.79. The quantitative estimate of drug-likeness (QED) is 0.394. The number of hydrogen-bond donors (Lipinski definition) is 2. The molecule has 5 nitrogen and oxygen atoms in total. The van der Waals surface area contributed by atoms with E-state index in [1.165, 1.54) is 0 Å². The summed E-state index contributed by atoms with van der Waals surface area (Å²) in [6.07, 6.45) is 7.96. The molecule has 156 valence electrons. The average Bonchev–Trinajstić information content (AvgIpc) is 2.71. The number of halogens is 1. The van der Waals surface area contributed by atoms with Gasteiger partial charge in [0.2, 0.25) is 10.0 Å². The van der Waals surface area contributed by atoms with E-state index < -0.39 is 10.0 Å². The fourth-order valence-electron chi connectivity index (χ4n) is 2.66. The monoisotopic (exact) mass is 434 g/mol. The summed E-state index contributed by atoms with van der Waals surface area (Å²) in [7, 11) is -3.55. The Morgan fingerprint density at radius 3 is 2.62 bits per heavy atom. The molecule has 0 saturated heterocycles. The molecule has 0 aliphatic rings. The molecule has 0 atom stereocenters. The molecule has 0 bridgehead atoms. The molecule has 0 heterocycles. The molecule has 0 saturated carbocycles. The second-order valence-electron chi connectivity index (χ2n) is 6.55. The highest BCUT2D eigenvalue weighted by molar-refractivity contribution is 7.89. The van der Waals surface area contributed by atoms with Crippen LogP contribution in [0.15, 0.2) is 47.4 Å². The van der Waals surface area contributed by atoms with Crippen molar-refractivity contribution in [2.75, 3.05) is 19.7 Å². The predicted octanol–water partition coefficient (Wildman–Crippen LogP) is 3.76. The normalized spacial score (nSPS) is 11.2. The minimum Gasteiger partial charge on any atom is -0.493 e. The molecular formula is C22H27ClN2O3S. The summed E-state index contributed by atoms with van der Waals surface area (Å²) < 4.78 is 32.3. The lowest BCUT2D eigenvalue weighted by Crippen LogP contribution is -2.23. The Kier molecular flexibility index (Phi) is 9.49. The number of benzene rings is 2. The van der Waals surface area contributed by atoms with Crippen LogP contribution >= 0.6 is 11.6 Å². The Hall–Kier alpha value is -2.04. The van der Waals surface area contributed by atoms with Crippen molar-refractivity contribution in [1.82, 2.24) is 10.0 Å². The van der Waals surface area contributed by atoms with Crippen LogP contribution in [0.25, 0.3) is 0 Å². The van der Waals surface area contributed by atoms with Gasteiger partial charge in [0.25, 0.3) is 0 Å². The zero-order valence-electron chi connectivity index (χ0n) is 16.6. The van der Waals surface area contributed by atoms with Crippen molar-refractivity contribution in [2.45, 2.75) is 37.6 Å². The van der Waals surface area contributed by atoms with Gasteiger partial charge in [-0.15, -0.1) is 6.42 Å². The van der Waals surface area contributed by atoms with E-state index in [9.17, 15) is 8.42 Å². The molecule has 7 heteroatoms. The zero-order chi connectivity index (χ0) is 21.1. The Bertz CT molecular complexity index is 922. The summed E-state index contributed by atoms with van der Waals surface area (Å²) in [6.45, 7) is 4.18. The van der Waals surface area contributed by atoms with Crippen LogP contribution < -0.4 is 14.8 Å². The number of ether oxygens (including phenoxy) is 1. The van der Waals surface area contributed by atoms with Crippen LogP contribution in [-0.4, -0.2) is 28.1 Å². The molecule has 2 rings (SSSR count). The highest BCUT2D eigenvalue weighted by atomic mass is 35.5. The molecule has 0 amide bonds. The molecule has 0 unspecified atom stereocenters.